The second kappa shape index (κ2) is 10.5. The van der Waals surface area contributed by atoms with E-state index in [0.29, 0.717) is 22.7 Å². The summed E-state index contributed by atoms with van der Waals surface area (Å²) in [6, 6.07) is 19.7. The van der Waals surface area contributed by atoms with Crippen molar-refractivity contribution < 1.29 is 24.0 Å². The lowest BCUT2D eigenvalue weighted by Crippen LogP contribution is -2.20. The Hall–Kier alpha value is -4.46. The Kier molecular flexibility index (Phi) is 7.32. The van der Waals surface area contributed by atoms with Gasteiger partial charge < -0.3 is 14.8 Å². The molecule has 8 heteroatoms. The third kappa shape index (κ3) is 5.79. The fourth-order valence-electron chi connectivity index (χ4n) is 2.87. The van der Waals surface area contributed by atoms with E-state index in [1.807, 2.05) is 18.2 Å². The number of nitrogens with zero attached hydrogens (tertiary/aromatic N) is 1. The van der Waals surface area contributed by atoms with E-state index in [1.165, 1.54) is 37.5 Å². The zero-order valence-electron chi connectivity index (χ0n) is 17.2. The summed E-state index contributed by atoms with van der Waals surface area (Å²) in [4.78, 5) is 35.0. The van der Waals surface area contributed by atoms with Gasteiger partial charge in [0, 0.05) is 11.8 Å². The van der Waals surface area contributed by atoms with Crippen LogP contribution in [0.5, 0.6) is 11.5 Å². The number of anilines is 1. The molecule has 0 saturated heterocycles. The number of hydrogen-bond acceptors (Lipinski definition) is 6. The van der Waals surface area contributed by atoms with Gasteiger partial charge in [0.1, 0.15) is 0 Å². The highest BCUT2D eigenvalue weighted by Crippen LogP contribution is 2.29. The lowest BCUT2D eigenvalue weighted by Gasteiger charge is -2.11. The van der Waals surface area contributed by atoms with Crippen LogP contribution in [-0.2, 0) is 4.79 Å². The van der Waals surface area contributed by atoms with Crippen LogP contribution in [0.1, 0.15) is 15.9 Å². The van der Waals surface area contributed by atoms with Crippen molar-refractivity contribution in [1.29, 1.82) is 0 Å². The fraction of sp³-hybridized carbons (Fsp3) is 0.0833. The van der Waals surface area contributed by atoms with Gasteiger partial charge in [-0.25, -0.2) is 0 Å². The Bertz CT molecular complexity index is 1160. The van der Waals surface area contributed by atoms with Gasteiger partial charge in [0.05, 0.1) is 17.6 Å². The first-order chi connectivity index (χ1) is 15.5. The van der Waals surface area contributed by atoms with Crippen molar-refractivity contribution in [3.05, 3.63) is 100 Å². The first-order valence-corrected chi connectivity index (χ1v) is 9.59. The third-order valence-electron chi connectivity index (χ3n) is 4.40. The van der Waals surface area contributed by atoms with Crippen LogP contribution in [0.4, 0.5) is 11.4 Å². The van der Waals surface area contributed by atoms with Crippen molar-refractivity contribution in [2.45, 2.75) is 0 Å². The molecule has 32 heavy (non-hydrogen) atoms. The van der Waals surface area contributed by atoms with Crippen LogP contribution in [0.25, 0.3) is 6.08 Å². The maximum absolute atomic E-state index is 12.4. The van der Waals surface area contributed by atoms with Crippen LogP contribution in [0.15, 0.2) is 78.9 Å². The SMILES string of the molecule is COc1cc(/C=C/C(=O)c2ccccc2[N+](=O)[O-])ccc1OCC(=O)Nc1ccccc1. The Morgan fingerprint density at radius 2 is 1.72 bits per heavy atom. The smallest absolute Gasteiger partial charge is 0.280 e. The predicted molar refractivity (Wildman–Crippen MR) is 120 cm³/mol. The number of nitro benzene ring substituents is 1. The van der Waals surface area contributed by atoms with Crippen LogP contribution in [0.3, 0.4) is 0 Å². The van der Waals surface area contributed by atoms with Gasteiger partial charge in [-0.2, -0.15) is 0 Å². The number of carbonyl (C=O) groups is 2. The normalized spacial score (nSPS) is 10.5. The van der Waals surface area contributed by atoms with Gasteiger partial charge in [-0.1, -0.05) is 42.5 Å². The van der Waals surface area contributed by atoms with Crippen molar-refractivity contribution >= 4 is 29.1 Å². The monoisotopic (exact) mass is 432 g/mol. The van der Waals surface area contributed by atoms with Crippen LogP contribution in [-0.4, -0.2) is 30.3 Å². The minimum Gasteiger partial charge on any atom is -0.493 e. The van der Waals surface area contributed by atoms with Gasteiger partial charge in [0.15, 0.2) is 23.9 Å². The quantitative estimate of drug-likeness (QED) is 0.231. The number of amides is 1. The molecule has 0 spiro atoms. The molecule has 0 unspecified atom stereocenters. The highest BCUT2D eigenvalue weighted by atomic mass is 16.6. The number of rotatable bonds is 9. The number of nitrogens with one attached hydrogen (secondary N) is 1. The van der Waals surface area contributed by atoms with Gasteiger partial charge in [-0.3, -0.25) is 19.7 Å². The van der Waals surface area contributed by atoms with E-state index < -0.39 is 10.7 Å². The highest BCUT2D eigenvalue weighted by molar-refractivity contribution is 6.09. The van der Waals surface area contributed by atoms with Crippen molar-refractivity contribution in [2.75, 3.05) is 19.0 Å². The molecule has 162 valence electrons. The summed E-state index contributed by atoms with van der Waals surface area (Å²) in [6.45, 7) is -0.212. The molecule has 0 fully saturated rings. The molecule has 0 aliphatic carbocycles. The lowest BCUT2D eigenvalue weighted by molar-refractivity contribution is -0.385. The summed E-state index contributed by atoms with van der Waals surface area (Å²) >= 11 is 0. The molecule has 0 aliphatic rings. The molecular formula is C24H20N2O6. The predicted octanol–water partition coefficient (Wildman–Crippen LogP) is 4.52. The number of carbonyl (C=O) groups excluding carboxylic acids is 2. The van der Waals surface area contributed by atoms with E-state index in [4.69, 9.17) is 9.47 Å². The van der Waals surface area contributed by atoms with Gasteiger partial charge in [-0.05, 0) is 42.0 Å². The van der Waals surface area contributed by atoms with Gasteiger partial charge in [0.25, 0.3) is 11.6 Å². The Balaban J connectivity index is 1.66. The molecule has 0 radical (unpaired) electrons. The second-order valence-electron chi connectivity index (χ2n) is 6.59. The van der Waals surface area contributed by atoms with Crippen molar-refractivity contribution in [3.63, 3.8) is 0 Å². The number of allylic oxidation sites excluding steroid dienone is 1. The van der Waals surface area contributed by atoms with E-state index in [0.717, 1.165) is 0 Å². The molecule has 0 atom stereocenters. The zero-order valence-corrected chi connectivity index (χ0v) is 17.2. The largest absolute Gasteiger partial charge is 0.493 e. The molecule has 0 aromatic heterocycles. The molecule has 3 aromatic rings. The molecule has 1 N–H and O–H groups in total. The summed E-state index contributed by atoms with van der Waals surface area (Å²) in [5.74, 6) is -0.0814. The van der Waals surface area contributed by atoms with Crippen LogP contribution < -0.4 is 14.8 Å². The number of benzene rings is 3. The number of para-hydroxylation sites is 2. The zero-order chi connectivity index (χ0) is 22.9. The summed E-state index contributed by atoms with van der Waals surface area (Å²) in [7, 11) is 1.46. The molecule has 3 rings (SSSR count). The Morgan fingerprint density at radius 1 is 1.00 bits per heavy atom. The molecule has 3 aromatic carbocycles. The van der Waals surface area contributed by atoms with Crippen molar-refractivity contribution in [1.82, 2.24) is 0 Å². The standard InChI is InChI=1S/C24H20N2O6/c1-31-23-15-17(11-13-21(27)19-9-5-6-10-20(19)26(29)30)12-14-22(23)32-16-24(28)25-18-7-3-2-4-8-18/h2-15H,16H2,1H3,(H,25,28)/b13-11+. The average molecular weight is 432 g/mol. The lowest BCUT2D eigenvalue weighted by atomic mass is 10.1. The van der Waals surface area contributed by atoms with Gasteiger partial charge in [-0.15, -0.1) is 0 Å². The van der Waals surface area contributed by atoms with Crippen LogP contribution >= 0.6 is 0 Å². The Morgan fingerprint density at radius 3 is 2.44 bits per heavy atom. The molecule has 0 bridgehead atoms. The summed E-state index contributed by atoms with van der Waals surface area (Å²) in [5.41, 5.74) is 1.04. The van der Waals surface area contributed by atoms with Crippen LogP contribution in [0.2, 0.25) is 0 Å². The number of ketones is 1. The number of ether oxygens (including phenoxy) is 2. The van der Waals surface area contributed by atoms with E-state index in [9.17, 15) is 19.7 Å². The van der Waals surface area contributed by atoms with Crippen molar-refractivity contribution in [2.24, 2.45) is 0 Å². The summed E-state index contributed by atoms with van der Waals surface area (Å²) in [5, 5.41) is 13.8. The topological polar surface area (TPSA) is 108 Å². The summed E-state index contributed by atoms with van der Waals surface area (Å²) < 4.78 is 10.9. The molecule has 0 heterocycles. The minimum absolute atomic E-state index is 0.00472. The van der Waals surface area contributed by atoms with Crippen LogP contribution in [0, 0.1) is 10.1 Å². The molecule has 1 amide bonds. The molecule has 0 saturated carbocycles. The maximum atomic E-state index is 12.4. The van der Waals surface area contributed by atoms with E-state index >= 15 is 0 Å². The molecule has 0 aliphatic heterocycles. The first kappa shape index (κ1) is 22.2. The molecular weight excluding hydrogens is 412 g/mol. The summed E-state index contributed by atoms with van der Waals surface area (Å²) in [6.07, 6.45) is 2.78. The second-order valence-corrected chi connectivity index (χ2v) is 6.59. The van der Waals surface area contributed by atoms with Gasteiger partial charge >= 0.3 is 0 Å². The first-order valence-electron chi connectivity index (χ1n) is 9.59. The molecule has 8 nitrogen and oxygen atoms in total. The fourth-order valence-corrected chi connectivity index (χ4v) is 2.87. The maximum Gasteiger partial charge on any atom is 0.280 e. The van der Waals surface area contributed by atoms with Crippen molar-refractivity contribution in [3.8, 4) is 11.5 Å². The van der Waals surface area contributed by atoms with E-state index in [-0.39, 0.29) is 23.8 Å². The Labute approximate surface area is 184 Å². The van der Waals surface area contributed by atoms with E-state index in [2.05, 4.69) is 5.32 Å². The highest BCUT2D eigenvalue weighted by Gasteiger charge is 2.17. The van der Waals surface area contributed by atoms with E-state index in [1.54, 1.807) is 36.4 Å². The number of methoxy groups -OCH3 is 1. The number of nitro groups is 1. The average Bonchev–Trinajstić information content (AvgIpc) is 2.82. The third-order valence-corrected chi connectivity index (χ3v) is 4.40. The van der Waals surface area contributed by atoms with Gasteiger partial charge in [0.2, 0.25) is 0 Å². The number of hydrogen-bond donors (Lipinski definition) is 1. The minimum atomic E-state index is -0.593.